The molecule has 2 aliphatic rings. The Morgan fingerprint density at radius 1 is 1.05 bits per heavy atom. The Morgan fingerprint density at radius 3 is 2.47 bits per heavy atom. The topological polar surface area (TPSA) is 67.2 Å². The number of aliphatic hydroxyl groups is 1. The van der Waals surface area contributed by atoms with Crippen molar-refractivity contribution in [2.24, 2.45) is 0 Å². The van der Waals surface area contributed by atoms with Crippen LogP contribution in [-0.4, -0.2) is 20.8 Å². The van der Waals surface area contributed by atoms with Crippen LogP contribution in [0, 0.1) is 5.82 Å². The molecule has 1 amide bonds. The lowest BCUT2D eigenvalue weighted by atomic mass is 9.94. The number of nitrogens with zero attached hydrogens (tertiary/aromatic N) is 2. The number of hydrogen-bond acceptors (Lipinski definition) is 3. The third-order valence-corrected chi connectivity index (χ3v) is 7.73. The lowest BCUT2D eigenvalue weighted by Gasteiger charge is -2.25. The molecule has 1 atom stereocenters. The van der Waals surface area contributed by atoms with Gasteiger partial charge in [0, 0.05) is 12.0 Å². The molecule has 0 radical (unpaired) electrons. The largest absolute Gasteiger partial charge is 0.513 e. The molecule has 1 aromatic heterocycles. The van der Waals surface area contributed by atoms with E-state index in [9.17, 15) is 14.3 Å². The zero-order valence-electron chi connectivity index (χ0n) is 21.8. The molecule has 6 heteroatoms. The van der Waals surface area contributed by atoms with E-state index in [1.54, 1.807) is 12.1 Å². The fourth-order valence-electron chi connectivity index (χ4n) is 5.85. The van der Waals surface area contributed by atoms with E-state index < -0.39 is 6.04 Å². The molecule has 1 heterocycles. The van der Waals surface area contributed by atoms with Crippen LogP contribution in [0.5, 0.6) is 0 Å². The minimum absolute atomic E-state index is 0.0234. The maximum Gasteiger partial charge on any atom is 0.272 e. The summed E-state index contributed by atoms with van der Waals surface area (Å²) in [6.07, 6.45) is 11.7. The highest BCUT2D eigenvalue weighted by Gasteiger charge is 2.31. The average Bonchev–Trinajstić information content (AvgIpc) is 3.19. The van der Waals surface area contributed by atoms with Crippen LogP contribution >= 0.6 is 0 Å². The molecular weight excluding hydrogens is 477 g/mol. The Hall–Kier alpha value is -3.67. The minimum atomic E-state index is -0.406. The molecule has 5 nitrogen and oxygen atoms in total. The van der Waals surface area contributed by atoms with Crippen molar-refractivity contribution in [1.82, 2.24) is 15.1 Å². The van der Waals surface area contributed by atoms with Gasteiger partial charge < -0.3 is 10.4 Å². The van der Waals surface area contributed by atoms with Gasteiger partial charge in [-0.05, 0) is 73.4 Å². The lowest BCUT2D eigenvalue weighted by Crippen LogP contribution is -2.30. The average molecular weight is 514 g/mol. The Morgan fingerprint density at radius 2 is 1.76 bits per heavy atom. The molecule has 0 aliphatic heterocycles. The normalized spacial score (nSPS) is 18.0. The molecular formula is C32H36FN3O2. The summed E-state index contributed by atoms with van der Waals surface area (Å²) in [6, 6.07) is 16.1. The number of rotatable bonds is 7. The summed E-state index contributed by atoms with van der Waals surface area (Å²) in [5.74, 6) is -0.456. The van der Waals surface area contributed by atoms with Crippen molar-refractivity contribution >= 4 is 17.6 Å². The van der Waals surface area contributed by atoms with Crippen molar-refractivity contribution in [3.8, 4) is 0 Å². The number of nitrogens with one attached hydrogen (secondary N) is 1. The Kier molecular flexibility index (Phi) is 8.06. The summed E-state index contributed by atoms with van der Waals surface area (Å²) >= 11 is 0. The monoisotopic (exact) mass is 513 g/mol. The second-order valence-electron chi connectivity index (χ2n) is 10.5. The second kappa shape index (κ2) is 11.8. The van der Waals surface area contributed by atoms with Crippen molar-refractivity contribution in [2.45, 2.75) is 76.3 Å². The van der Waals surface area contributed by atoms with Crippen molar-refractivity contribution < 1.29 is 14.3 Å². The van der Waals surface area contributed by atoms with Gasteiger partial charge in [0.05, 0.1) is 23.5 Å². The van der Waals surface area contributed by atoms with Crippen molar-refractivity contribution in [1.29, 1.82) is 0 Å². The number of aromatic nitrogens is 2. The summed E-state index contributed by atoms with van der Waals surface area (Å²) in [5, 5.41) is 18.1. The number of carbonyl (C=O) groups excluding carboxylic acids is 1. The molecule has 1 fully saturated rings. The highest BCUT2D eigenvalue weighted by molar-refractivity contribution is 5.96. The van der Waals surface area contributed by atoms with Crippen LogP contribution < -0.4 is 5.32 Å². The van der Waals surface area contributed by atoms with Gasteiger partial charge in [0.15, 0.2) is 5.69 Å². The molecule has 2 N–H and O–H groups in total. The lowest BCUT2D eigenvalue weighted by molar-refractivity contribution is 0.0927. The van der Waals surface area contributed by atoms with Gasteiger partial charge >= 0.3 is 0 Å². The van der Waals surface area contributed by atoms with E-state index in [1.807, 2.05) is 30.3 Å². The number of carbonyl (C=O) groups is 1. The Bertz CT molecular complexity index is 1300. The number of benzene rings is 2. The first-order valence-electron chi connectivity index (χ1n) is 13.8. The van der Waals surface area contributed by atoms with Crippen molar-refractivity contribution in [3.05, 3.63) is 101 Å². The molecule has 0 saturated heterocycles. The van der Waals surface area contributed by atoms with Gasteiger partial charge in [-0.25, -0.2) is 4.39 Å². The summed E-state index contributed by atoms with van der Waals surface area (Å²) in [4.78, 5) is 13.8. The number of aliphatic hydroxyl groups excluding tert-OH is 1. The van der Waals surface area contributed by atoms with Crippen LogP contribution in [0.2, 0.25) is 0 Å². The van der Waals surface area contributed by atoms with Crippen molar-refractivity contribution in [2.75, 3.05) is 0 Å². The summed E-state index contributed by atoms with van der Waals surface area (Å²) < 4.78 is 15.7. The molecule has 198 valence electrons. The quantitative estimate of drug-likeness (QED) is 0.251. The summed E-state index contributed by atoms with van der Waals surface area (Å²) in [5.41, 5.74) is 5.54. The Balaban J connectivity index is 1.56. The highest BCUT2D eigenvalue weighted by atomic mass is 19.1. The van der Waals surface area contributed by atoms with Gasteiger partial charge in [-0.15, -0.1) is 0 Å². The predicted molar refractivity (Wildman–Crippen MR) is 149 cm³/mol. The zero-order chi connectivity index (χ0) is 26.5. The van der Waals surface area contributed by atoms with Gasteiger partial charge in [0.2, 0.25) is 0 Å². The van der Waals surface area contributed by atoms with Crippen LogP contribution in [0.3, 0.4) is 0 Å². The van der Waals surface area contributed by atoms with Crippen molar-refractivity contribution in [3.63, 3.8) is 0 Å². The maximum atomic E-state index is 13.8. The zero-order valence-corrected chi connectivity index (χ0v) is 21.8. The molecule has 2 aliphatic carbocycles. The van der Waals surface area contributed by atoms with E-state index >= 15 is 0 Å². The number of allylic oxidation sites excluding steroid dienone is 1. The summed E-state index contributed by atoms with van der Waals surface area (Å²) in [7, 11) is 0. The van der Waals surface area contributed by atoms with E-state index in [0.29, 0.717) is 5.69 Å². The Labute approximate surface area is 224 Å². The SMILES string of the molecule is C=C(O)C[C@H](NC(=O)c1nn(C2CCCCC2)c2c1CCCC/C2=C\c1ccc(F)cc1)c1ccccc1. The van der Waals surface area contributed by atoms with Crippen LogP contribution in [-0.2, 0) is 6.42 Å². The van der Waals surface area contributed by atoms with Gasteiger partial charge in [-0.1, -0.05) is 68.3 Å². The van der Waals surface area contributed by atoms with E-state index in [0.717, 1.165) is 79.3 Å². The molecule has 0 bridgehead atoms. The first kappa shape index (κ1) is 26.0. The molecule has 38 heavy (non-hydrogen) atoms. The number of fused-ring (bicyclic) bond motifs is 1. The van der Waals surface area contributed by atoms with Crippen LogP contribution in [0.4, 0.5) is 4.39 Å². The number of halogens is 1. The number of hydrogen-bond donors (Lipinski definition) is 2. The molecule has 0 spiro atoms. The van der Waals surface area contributed by atoms with E-state index in [2.05, 4.69) is 22.7 Å². The highest BCUT2D eigenvalue weighted by Crippen LogP contribution is 2.38. The van der Waals surface area contributed by atoms with E-state index in [1.165, 1.54) is 18.6 Å². The van der Waals surface area contributed by atoms with E-state index in [4.69, 9.17) is 5.10 Å². The second-order valence-corrected chi connectivity index (χ2v) is 10.5. The minimum Gasteiger partial charge on any atom is -0.513 e. The molecule has 0 unspecified atom stereocenters. The van der Waals surface area contributed by atoms with Crippen LogP contribution in [0.1, 0.15) is 103 Å². The molecule has 2 aromatic carbocycles. The van der Waals surface area contributed by atoms with Crippen LogP contribution in [0.25, 0.3) is 11.6 Å². The molecule has 5 rings (SSSR count). The maximum absolute atomic E-state index is 13.8. The van der Waals surface area contributed by atoms with Gasteiger partial charge in [-0.2, -0.15) is 5.10 Å². The molecule has 1 saturated carbocycles. The fraction of sp³-hybridized carbons (Fsp3) is 0.375. The first-order chi connectivity index (χ1) is 18.5. The van der Waals surface area contributed by atoms with Gasteiger partial charge in [0.1, 0.15) is 5.82 Å². The van der Waals surface area contributed by atoms with Gasteiger partial charge in [0.25, 0.3) is 5.91 Å². The predicted octanol–water partition coefficient (Wildman–Crippen LogP) is 7.73. The number of amides is 1. The smallest absolute Gasteiger partial charge is 0.272 e. The standard InChI is InChI=1S/C32H36FN3O2/c1-22(37)20-29(24-10-4-2-5-11-24)34-32(38)30-28-15-9-8-12-25(21-23-16-18-26(33)19-17-23)31(28)36(35-30)27-13-6-3-7-14-27/h2,4-5,10-11,16-19,21,27,29,37H,1,3,6-9,12-15,20H2,(H,34,38)/b25-21+/t29-/m0/s1. The third-order valence-electron chi connectivity index (χ3n) is 7.73. The summed E-state index contributed by atoms with van der Waals surface area (Å²) in [6.45, 7) is 3.66. The van der Waals surface area contributed by atoms with Crippen LogP contribution in [0.15, 0.2) is 66.9 Å². The van der Waals surface area contributed by atoms with E-state index in [-0.39, 0.29) is 29.9 Å². The third kappa shape index (κ3) is 5.90. The van der Waals surface area contributed by atoms with Gasteiger partial charge in [-0.3, -0.25) is 9.48 Å². The fourth-order valence-corrected chi connectivity index (χ4v) is 5.85. The first-order valence-corrected chi connectivity index (χ1v) is 13.8. The molecule has 3 aromatic rings.